The fourth-order valence-corrected chi connectivity index (χ4v) is 9.17. The van der Waals surface area contributed by atoms with Gasteiger partial charge in [0, 0.05) is 27.8 Å². The molecule has 12 rings (SSSR count). The number of para-hydroxylation sites is 1. The molecule has 10 aromatic carbocycles. The molecule has 5 heteroatoms. The van der Waals surface area contributed by atoms with Crippen LogP contribution in [0.15, 0.2) is 200 Å². The molecule has 0 aliphatic carbocycles. The van der Waals surface area contributed by atoms with E-state index in [1.165, 1.54) is 0 Å². The van der Waals surface area contributed by atoms with Crippen molar-refractivity contribution in [2.24, 2.45) is 0 Å². The van der Waals surface area contributed by atoms with Crippen LogP contribution in [0.1, 0.15) is 0 Å². The monoisotopic (exact) mass is 775 g/mol. The molecule has 0 amide bonds. The number of aromatic nitrogens is 4. The average Bonchev–Trinajstić information content (AvgIpc) is 3.65. The van der Waals surface area contributed by atoms with Crippen molar-refractivity contribution >= 4 is 70.6 Å². The molecule has 0 aliphatic heterocycles. The Kier molecular flexibility index (Phi) is 7.84. The number of fused-ring (bicyclic) bond motifs is 7. The molecule has 2 aromatic heterocycles. The number of hydrogen-bond donors (Lipinski definition) is 0. The Labute approximate surface area is 351 Å². The summed E-state index contributed by atoms with van der Waals surface area (Å²) in [7, 11) is 0. The molecule has 61 heavy (non-hydrogen) atoms. The van der Waals surface area contributed by atoms with E-state index in [-0.39, 0.29) is 0 Å². The highest BCUT2D eigenvalue weighted by molar-refractivity contribution is 6.22. The van der Waals surface area contributed by atoms with Gasteiger partial charge in [0.1, 0.15) is 0 Å². The second kappa shape index (κ2) is 13.8. The van der Waals surface area contributed by atoms with Crippen LogP contribution in [0.5, 0.6) is 0 Å². The zero-order valence-electron chi connectivity index (χ0n) is 32.8. The van der Waals surface area contributed by atoms with Crippen molar-refractivity contribution in [1.29, 1.82) is 0 Å². The summed E-state index contributed by atoms with van der Waals surface area (Å²) in [4.78, 5) is 19.7. The van der Waals surface area contributed by atoms with E-state index < -0.39 is 0 Å². The lowest BCUT2D eigenvalue weighted by Crippen LogP contribution is -2.02. The van der Waals surface area contributed by atoms with Crippen LogP contribution in [-0.2, 0) is 0 Å². The average molecular weight is 776 g/mol. The molecule has 282 valence electrons. The number of nitrogens with zero attached hydrogens (tertiary/aromatic N) is 5. The maximum Gasteiger partial charge on any atom is 0.188 e. The Morgan fingerprint density at radius 2 is 0.803 bits per heavy atom. The van der Waals surface area contributed by atoms with Gasteiger partial charge in [-0.2, -0.15) is 0 Å². The molecule has 2 heterocycles. The zero-order valence-corrected chi connectivity index (χ0v) is 32.8. The standard InChI is InChI=1S/C56H33N5/c1-57-42-28-30-51-49(34-42)48-33-39(27-29-50(48)61(51)43-17-3-2-4-18-43)52-44-19-9-11-21-46(44)53(47-22-12-10-20-45(47)52)56-59-54(40-25-23-35-13-5-7-15-37(35)31-40)58-55(60-56)41-26-24-36-14-6-8-16-38(36)32-41/h2-34H. The third-order valence-electron chi connectivity index (χ3n) is 12.0. The van der Waals surface area contributed by atoms with Gasteiger partial charge in [-0.25, -0.2) is 19.8 Å². The van der Waals surface area contributed by atoms with Crippen LogP contribution in [-0.4, -0.2) is 19.5 Å². The first kappa shape index (κ1) is 34.6. The first-order valence-electron chi connectivity index (χ1n) is 20.4. The van der Waals surface area contributed by atoms with Crippen LogP contribution in [0.2, 0.25) is 0 Å². The molecule has 0 unspecified atom stereocenters. The molecule has 0 saturated heterocycles. The molecular formula is C56H33N5. The highest BCUT2D eigenvalue weighted by Gasteiger charge is 2.22. The van der Waals surface area contributed by atoms with E-state index >= 15 is 0 Å². The summed E-state index contributed by atoms with van der Waals surface area (Å²) < 4.78 is 2.29. The van der Waals surface area contributed by atoms with Gasteiger partial charge in [0.25, 0.3) is 0 Å². The largest absolute Gasteiger partial charge is 0.309 e. The Balaban J connectivity index is 1.12. The van der Waals surface area contributed by atoms with Crippen molar-refractivity contribution in [2.45, 2.75) is 0 Å². The van der Waals surface area contributed by atoms with Gasteiger partial charge in [0.2, 0.25) is 0 Å². The molecular weight excluding hydrogens is 743 g/mol. The molecule has 0 saturated carbocycles. The Bertz CT molecular complexity index is 3630. The van der Waals surface area contributed by atoms with Gasteiger partial charge in [-0.3, -0.25) is 0 Å². The van der Waals surface area contributed by atoms with E-state index in [0.29, 0.717) is 23.2 Å². The van der Waals surface area contributed by atoms with Gasteiger partial charge in [-0.1, -0.05) is 152 Å². The molecule has 0 N–H and O–H groups in total. The van der Waals surface area contributed by atoms with Crippen LogP contribution in [0.4, 0.5) is 5.69 Å². The van der Waals surface area contributed by atoms with Crippen LogP contribution in [0.3, 0.4) is 0 Å². The quantitative estimate of drug-likeness (QED) is 0.129. The highest BCUT2D eigenvalue weighted by atomic mass is 15.0. The normalized spacial score (nSPS) is 11.6. The van der Waals surface area contributed by atoms with E-state index in [1.54, 1.807) is 0 Å². The van der Waals surface area contributed by atoms with Crippen LogP contribution >= 0.6 is 0 Å². The van der Waals surface area contributed by atoms with E-state index in [0.717, 1.165) is 98.4 Å². The Morgan fingerprint density at radius 3 is 1.38 bits per heavy atom. The van der Waals surface area contributed by atoms with Crippen LogP contribution in [0, 0.1) is 6.57 Å². The minimum absolute atomic E-state index is 0.619. The smallest absolute Gasteiger partial charge is 0.188 e. The van der Waals surface area contributed by atoms with Gasteiger partial charge in [-0.05, 0) is 108 Å². The van der Waals surface area contributed by atoms with Crippen molar-refractivity contribution in [3.05, 3.63) is 212 Å². The van der Waals surface area contributed by atoms with Crippen molar-refractivity contribution < 1.29 is 0 Å². The lowest BCUT2D eigenvalue weighted by Gasteiger charge is -2.18. The van der Waals surface area contributed by atoms with Crippen molar-refractivity contribution in [3.63, 3.8) is 0 Å². The predicted molar refractivity (Wildman–Crippen MR) is 252 cm³/mol. The van der Waals surface area contributed by atoms with Gasteiger partial charge >= 0.3 is 0 Å². The number of benzene rings is 10. The summed E-state index contributed by atoms with van der Waals surface area (Å²) >= 11 is 0. The fourth-order valence-electron chi connectivity index (χ4n) is 9.17. The maximum absolute atomic E-state index is 7.84. The lowest BCUT2D eigenvalue weighted by atomic mass is 9.87. The molecule has 5 nitrogen and oxygen atoms in total. The number of hydrogen-bond acceptors (Lipinski definition) is 3. The van der Waals surface area contributed by atoms with Gasteiger partial charge in [0.15, 0.2) is 23.2 Å². The minimum atomic E-state index is 0.619. The first-order valence-corrected chi connectivity index (χ1v) is 20.4. The molecule has 0 fully saturated rings. The topological polar surface area (TPSA) is 48.0 Å². The summed E-state index contributed by atoms with van der Waals surface area (Å²) in [5, 5.41) is 11.0. The lowest BCUT2D eigenvalue weighted by molar-refractivity contribution is 1.08. The summed E-state index contributed by atoms with van der Waals surface area (Å²) in [6.07, 6.45) is 0. The van der Waals surface area contributed by atoms with E-state index in [4.69, 9.17) is 21.5 Å². The first-order chi connectivity index (χ1) is 30.2. The summed E-state index contributed by atoms with van der Waals surface area (Å²) in [5.74, 6) is 1.86. The van der Waals surface area contributed by atoms with E-state index in [9.17, 15) is 0 Å². The molecule has 0 atom stereocenters. The summed E-state index contributed by atoms with van der Waals surface area (Å²) in [5.41, 5.74) is 8.90. The molecule has 0 spiro atoms. The van der Waals surface area contributed by atoms with Gasteiger partial charge in [0.05, 0.1) is 17.6 Å². The molecule has 0 aliphatic rings. The van der Waals surface area contributed by atoms with Crippen molar-refractivity contribution in [2.75, 3.05) is 0 Å². The third-order valence-corrected chi connectivity index (χ3v) is 12.0. The number of rotatable bonds is 5. The third kappa shape index (κ3) is 5.66. The van der Waals surface area contributed by atoms with Crippen molar-refractivity contribution in [3.8, 4) is 51.0 Å². The second-order valence-electron chi connectivity index (χ2n) is 15.5. The molecule has 0 bridgehead atoms. The Hall–Kier alpha value is -8.46. The summed E-state index contributed by atoms with van der Waals surface area (Å²) in [6.45, 7) is 7.84. The van der Waals surface area contributed by atoms with Crippen molar-refractivity contribution in [1.82, 2.24) is 19.5 Å². The second-order valence-corrected chi connectivity index (χ2v) is 15.5. The fraction of sp³-hybridized carbons (Fsp3) is 0. The summed E-state index contributed by atoms with van der Waals surface area (Å²) in [6, 6.07) is 70.0. The zero-order chi connectivity index (χ0) is 40.4. The van der Waals surface area contributed by atoms with Crippen LogP contribution in [0.25, 0.3) is 121 Å². The minimum Gasteiger partial charge on any atom is -0.309 e. The molecule has 12 aromatic rings. The van der Waals surface area contributed by atoms with E-state index in [2.05, 4.69) is 191 Å². The highest BCUT2D eigenvalue weighted by Crippen LogP contribution is 2.45. The SMILES string of the molecule is [C-]#[N+]c1ccc2c(c1)c1cc(-c3c4ccccc4c(-c4nc(-c5ccc6ccccc6c5)nc(-c5ccc6ccccc6c5)n4)c4ccccc34)ccc1n2-c1ccccc1. The van der Waals surface area contributed by atoms with Gasteiger partial charge in [-0.15, -0.1) is 0 Å². The van der Waals surface area contributed by atoms with Crippen LogP contribution < -0.4 is 0 Å². The molecule has 0 radical (unpaired) electrons. The predicted octanol–water partition coefficient (Wildman–Crippen LogP) is 14.8. The maximum atomic E-state index is 7.84. The van der Waals surface area contributed by atoms with E-state index in [1.807, 2.05) is 18.2 Å². The Morgan fingerprint density at radius 1 is 0.344 bits per heavy atom. The van der Waals surface area contributed by atoms with Gasteiger partial charge < -0.3 is 4.57 Å².